The van der Waals surface area contributed by atoms with Gasteiger partial charge >= 0.3 is 0 Å². The van der Waals surface area contributed by atoms with Crippen molar-refractivity contribution in [3.8, 4) is 11.4 Å². The molecule has 0 saturated carbocycles. The molecule has 2 aromatic heterocycles. The van der Waals surface area contributed by atoms with Gasteiger partial charge in [-0.05, 0) is 30.7 Å². The Hall–Kier alpha value is -2.31. The first-order valence-corrected chi connectivity index (χ1v) is 6.90. The van der Waals surface area contributed by atoms with Crippen LogP contribution in [-0.2, 0) is 0 Å². The fraction of sp³-hybridized carbons (Fsp3) is 0.267. The van der Waals surface area contributed by atoms with Crippen LogP contribution in [0.25, 0.3) is 22.3 Å². The van der Waals surface area contributed by atoms with Crippen molar-refractivity contribution in [2.24, 2.45) is 0 Å². The van der Waals surface area contributed by atoms with E-state index in [0.717, 1.165) is 16.5 Å². The number of aliphatic hydroxyl groups excluding tert-OH is 1. The minimum absolute atomic E-state index is 0.0663. The van der Waals surface area contributed by atoms with E-state index < -0.39 is 0 Å². The third-order valence-corrected chi connectivity index (χ3v) is 3.71. The first-order valence-electron chi connectivity index (χ1n) is 6.90. The first kappa shape index (κ1) is 12.4. The molecule has 1 aliphatic heterocycles. The van der Waals surface area contributed by atoms with Crippen LogP contribution in [0.15, 0.2) is 41.1 Å². The number of hydrogen-bond acceptors (Lipinski definition) is 6. The molecule has 3 heterocycles. The molecular weight excluding hydrogens is 268 g/mol. The number of fused-ring (bicyclic) bond motifs is 1. The van der Waals surface area contributed by atoms with E-state index in [1.54, 1.807) is 6.20 Å². The van der Waals surface area contributed by atoms with Gasteiger partial charge in [-0.25, -0.2) is 0 Å². The minimum Gasteiger partial charge on any atom is -0.392 e. The summed E-state index contributed by atoms with van der Waals surface area (Å²) in [4.78, 5) is 8.72. The summed E-state index contributed by atoms with van der Waals surface area (Å²) in [6.07, 6.45) is 2.02. The maximum absolute atomic E-state index is 9.54. The van der Waals surface area contributed by atoms with E-state index in [4.69, 9.17) is 4.52 Å². The third-order valence-electron chi connectivity index (χ3n) is 3.71. The number of rotatable bonds is 2. The largest absolute Gasteiger partial charge is 0.392 e. The summed E-state index contributed by atoms with van der Waals surface area (Å²) in [6, 6.07) is 9.70. The van der Waals surface area contributed by atoms with Crippen molar-refractivity contribution in [2.75, 3.05) is 6.54 Å². The van der Waals surface area contributed by atoms with Gasteiger partial charge in [-0.15, -0.1) is 0 Å². The van der Waals surface area contributed by atoms with Crippen LogP contribution in [0.3, 0.4) is 0 Å². The molecule has 0 amide bonds. The molecule has 3 aromatic rings. The average molecular weight is 282 g/mol. The van der Waals surface area contributed by atoms with Crippen molar-refractivity contribution in [1.29, 1.82) is 0 Å². The predicted octanol–water partition coefficient (Wildman–Crippen LogP) is 1.68. The van der Waals surface area contributed by atoms with Crippen molar-refractivity contribution >= 4 is 10.9 Å². The summed E-state index contributed by atoms with van der Waals surface area (Å²) < 4.78 is 5.31. The summed E-state index contributed by atoms with van der Waals surface area (Å²) in [5, 5.41) is 17.8. The topological polar surface area (TPSA) is 84.1 Å². The third kappa shape index (κ3) is 2.28. The Balaban J connectivity index is 1.67. The number of nitrogens with one attached hydrogen (secondary N) is 1. The Morgan fingerprint density at radius 3 is 3.10 bits per heavy atom. The predicted molar refractivity (Wildman–Crippen MR) is 76.4 cm³/mol. The van der Waals surface area contributed by atoms with Crippen LogP contribution in [0.1, 0.15) is 18.4 Å². The SMILES string of the molecule is O[C@@H]1CN[C@@H](c2nc(-c3ccc4ncccc4c3)no2)C1. The van der Waals surface area contributed by atoms with Crippen LogP contribution >= 0.6 is 0 Å². The Morgan fingerprint density at radius 2 is 2.24 bits per heavy atom. The summed E-state index contributed by atoms with van der Waals surface area (Å²) in [5.41, 5.74) is 1.83. The van der Waals surface area contributed by atoms with Crippen molar-refractivity contribution in [3.05, 3.63) is 42.4 Å². The molecule has 0 spiro atoms. The monoisotopic (exact) mass is 282 g/mol. The Morgan fingerprint density at radius 1 is 1.29 bits per heavy atom. The van der Waals surface area contributed by atoms with Gasteiger partial charge in [-0.3, -0.25) is 4.98 Å². The fourth-order valence-corrected chi connectivity index (χ4v) is 2.61. The van der Waals surface area contributed by atoms with Crippen LogP contribution in [0.5, 0.6) is 0 Å². The van der Waals surface area contributed by atoms with Crippen molar-refractivity contribution in [1.82, 2.24) is 20.4 Å². The molecule has 106 valence electrons. The molecule has 6 heteroatoms. The summed E-state index contributed by atoms with van der Waals surface area (Å²) in [5.74, 6) is 1.08. The van der Waals surface area contributed by atoms with Crippen LogP contribution in [0.4, 0.5) is 0 Å². The van der Waals surface area contributed by atoms with Crippen LogP contribution < -0.4 is 5.32 Å². The summed E-state index contributed by atoms with van der Waals surface area (Å²) in [6.45, 7) is 0.560. The number of nitrogens with zero attached hydrogens (tertiary/aromatic N) is 3. The zero-order valence-corrected chi connectivity index (χ0v) is 11.2. The fourth-order valence-electron chi connectivity index (χ4n) is 2.61. The maximum atomic E-state index is 9.54. The van der Waals surface area contributed by atoms with Crippen LogP contribution in [-0.4, -0.2) is 32.9 Å². The number of β-amino-alcohol motifs (C(OH)–C–C–N with tert-alkyl or cyclic N) is 1. The molecular formula is C15H14N4O2. The number of hydrogen-bond donors (Lipinski definition) is 2. The van der Waals surface area contributed by atoms with Gasteiger partial charge in [0.05, 0.1) is 17.7 Å². The van der Waals surface area contributed by atoms with Gasteiger partial charge in [0.2, 0.25) is 11.7 Å². The second kappa shape index (κ2) is 4.91. The number of pyridine rings is 1. The second-order valence-corrected chi connectivity index (χ2v) is 5.22. The lowest BCUT2D eigenvalue weighted by Crippen LogP contribution is -2.15. The molecule has 21 heavy (non-hydrogen) atoms. The molecule has 2 N–H and O–H groups in total. The van der Waals surface area contributed by atoms with Gasteiger partial charge in [-0.2, -0.15) is 4.98 Å². The van der Waals surface area contributed by atoms with Gasteiger partial charge in [0.15, 0.2) is 0 Å². The Kier molecular flexibility index (Phi) is 2.90. The lowest BCUT2D eigenvalue weighted by Gasteiger charge is -2.01. The number of aliphatic hydroxyl groups is 1. The van der Waals surface area contributed by atoms with E-state index in [9.17, 15) is 5.11 Å². The van der Waals surface area contributed by atoms with E-state index >= 15 is 0 Å². The molecule has 0 bridgehead atoms. The maximum Gasteiger partial charge on any atom is 0.244 e. The molecule has 2 atom stereocenters. The Bertz CT molecular complexity index is 786. The molecule has 1 aromatic carbocycles. The van der Waals surface area contributed by atoms with Crippen molar-refractivity contribution in [3.63, 3.8) is 0 Å². The van der Waals surface area contributed by atoms with Crippen molar-refractivity contribution < 1.29 is 9.63 Å². The molecule has 0 unspecified atom stereocenters. The lowest BCUT2D eigenvalue weighted by atomic mass is 10.1. The quantitative estimate of drug-likeness (QED) is 0.744. The highest BCUT2D eigenvalue weighted by Gasteiger charge is 2.28. The molecule has 1 aliphatic rings. The molecule has 6 nitrogen and oxygen atoms in total. The van der Waals surface area contributed by atoms with E-state index in [1.807, 2.05) is 30.3 Å². The van der Waals surface area contributed by atoms with Gasteiger partial charge in [0.1, 0.15) is 0 Å². The van der Waals surface area contributed by atoms with Gasteiger partial charge in [0, 0.05) is 23.7 Å². The molecule has 1 fully saturated rings. The normalized spacial score (nSPS) is 22.0. The average Bonchev–Trinajstić information content (AvgIpc) is 3.15. The highest BCUT2D eigenvalue weighted by Crippen LogP contribution is 2.26. The highest BCUT2D eigenvalue weighted by molar-refractivity contribution is 5.82. The molecule has 0 aliphatic carbocycles. The standard InChI is InChI=1S/C15H14N4O2/c20-11-7-13(17-8-11)15-18-14(19-21-15)10-3-4-12-9(6-10)2-1-5-16-12/h1-6,11,13,17,20H,7-8H2/t11-,13+/m0/s1. The van der Waals surface area contributed by atoms with Gasteiger partial charge < -0.3 is 14.9 Å². The van der Waals surface area contributed by atoms with Crippen LogP contribution in [0, 0.1) is 0 Å². The minimum atomic E-state index is -0.350. The van der Waals surface area contributed by atoms with Gasteiger partial charge in [-0.1, -0.05) is 11.2 Å². The zero-order valence-electron chi connectivity index (χ0n) is 11.2. The van der Waals surface area contributed by atoms with Crippen molar-refractivity contribution in [2.45, 2.75) is 18.6 Å². The smallest absolute Gasteiger partial charge is 0.244 e. The Labute approximate surface area is 120 Å². The van der Waals surface area contributed by atoms with E-state index in [2.05, 4.69) is 20.4 Å². The highest BCUT2D eigenvalue weighted by atomic mass is 16.5. The summed E-state index contributed by atoms with van der Waals surface area (Å²) >= 11 is 0. The van der Waals surface area contributed by atoms with Gasteiger partial charge in [0.25, 0.3) is 0 Å². The first-order chi connectivity index (χ1) is 10.3. The van der Waals surface area contributed by atoms with Crippen LogP contribution in [0.2, 0.25) is 0 Å². The van der Waals surface area contributed by atoms with E-state index in [-0.39, 0.29) is 12.1 Å². The summed E-state index contributed by atoms with van der Waals surface area (Å²) in [7, 11) is 0. The second-order valence-electron chi connectivity index (χ2n) is 5.22. The van der Waals surface area contributed by atoms with E-state index in [0.29, 0.717) is 24.7 Å². The molecule has 4 rings (SSSR count). The molecule has 0 radical (unpaired) electrons. The van der Waals surface area contributed by atoms with E-state index in [1.165, 1.54) is 0 Å². The lowest BCUT2D eigenvalue weighted by molar-refractivity contribution is 0.191. The number of aromatic nitrogens is 3. The zero-order chi connectivity index (χ0) is 14.2. The number of benzene rings is 1. The molecule has 1 saturated heterocycles.